The third-order valence-electron chi connectivity index (χ3n) is 4.65. The lowest BCUT2D eigenvalue weighted by Gasteiger charge is -2.16. The van der Waals surface area contributed by atoms with Crippen molar-refractivity contribution in [2.24, 2.45) is 0 Å². The van der Waals surface area contributed by atoms with Crippen molar-refractivity contribution in [2.45, 2.75) is 11.8 Å². The summed E-state index contributed by atoms with van der Waals surface area (Å²) in [7, 11) is -2.42. The molecule has 1 heterocycles. The molecule has 0 bridgehead atoms. The smallest absolute Gasteiger partial charge is 0.262 e. The number of hydrogen-bond donors (Lipinski definition) is 1. The fourth-order valence-electron chi connectivity index (χ4n) is 3.15. The largest absolute Gasteiger partial charge is 0.454 e. The van der Waals surface area contributed by atoms with E-state index in [1.54, 1.807) is 38.2 Å². The highest BCUT2D eigenvalue weighted by atomic mass is 32.2. The summed E-state index contributed by atoms with van der Waals surface area (Å²) in [6.45, 7) is 1.58. The number of amides is 1. The quantitative estimate of drug-likeness (QED) is 0.695. The molecule has 0 aromatic heterocycles. The van der Waals surface area contributed by atoms with Crippen molar-refractivity contribution in [3.05, 3.63) is 77.6 Å². The second kappa shape index (κ2) is 6.89. The Bertz CT molecular complexity index is 1240. The summed E-state index contributed by atoms with van der Waals surface area (Å²) in [6.07, 6.45) is 0. The van der Waals surface area contributed by atoms with Crippen LogP contribution in [0, 0.1) is 12.7 Å². The second-order valence-electron chi connectivity index (χ2n) is 6.66. The molecule has 0 aliphatic carbocycles. The van der Waals surface area contributed by atoms with E-state index in [0.29, 0.717) is 22.7 Å². The minimum atomic E-state index is -4.04. The topological polar surface area (TPSA) is 75.7 Å². The van der Waals surface area contributed by atoms with Gasteiger partial charge in [-0.2, -0.15) is 0 Å². The van der Waals surface area contributed by atoms with Gasteiger partial charge in [0.1, 0.15) is 11.6 Å². The number of para-hydroxylation sites is 2. The van der Waals surface area contributed by atoms with E-state index in [4.69, 9.17) is 4.74 Å². The minimum Gasteiger partial charge on any atom is -0.454 e. The molecule has 0 fully saturated rings. The highest BCUT2D eigenvalue weighted by molar-refractivity contribution is 7.92. The molecule has 0 radical (unpaired) electrons. The van der Waals surface area contributed by atoms with Crippen molar-refractivity contribution < 1.29 is 22.3 Å². The van der Waals surface area contributed by atoms with Crippen LogP contribution >= 0.6 is 0 Å². The molecule has 4 rings (SSSR count). The molecule has 1 amide bonds. The van der Waals surface area contributed by atoms with E-state index in [-0.39, 0.29) is 22.1 Å². The SMILES string of the molecule is Cc1ccc(F)cc1S(=O)(=O)Nc1ccc2c(c1)C(=O)N(C)c1ccccc1O2. The molecule has 1 aliphatic heterocycles. The van der Waals surface area contributed by atoms with E-state index in [1.807, 2.05) is 0 Å². The van der Waals surface area contributed by atoms with Crippen LogP contribution in [0.4, 0.5) is 15.8 Å². The highest BCUT2D eigenvalue weighted by Crippen LogP contribution is 2.39. The average Bonchev–Trinajstić information content (AvgIpc) is 2.79. The average molecular weight is 412 g/mol. The van der Waals surface area contributed by atoms with Crippen molar-refractivity contribution in [1.29, 1.82) is 0 Å². The number of nitrogens with one attached hydrogen (secondary N) is 1. The van der Waals surface area contributed by atoms with Crippen molar-refractivity contribution in [1.82, 2.24) is 0 Å². The first kappa shape index (κ1) is 18.9. The van der Waals surface area contributed by atoms with Gasteiger partial charge >= 0.3 is 0 Å². The van der Waals surface area contributed by atoms with Crippen LogP contribution in [0.1, 0.15) is 15.9 Å². The van der Waals surface area contributed by atoms with Gasteiger partial charge in [0.2, 0.25) is 0 Å². The Kier molecular flexibility index (Phi) is 4.50. The number of carbonyl (C=O) groups excluding carboxylic acids is 1. The number of anilines is 2. The van der Waals surface area contributed by atoms with E-state index in [1.165, 1.54) is 35.2 Å². The summed E-state index contributed by atoms with van der Waals surface area (Å²) in [4.78, 5) is 14.2. The number of hydrogen-bond acceptors (Lipinski definition) is 4. The van der Waals surface area contributed by atoms with E-state index >= 15 is 0 Å². The standard InChI is InChI=1S/C21H17FN2O4S/c1-13-7-8-14(22)11-20(13)29(26,27)23-15-9-10-18-16(12-15)21(25)24(2)17-5-3-4-6-19(17)28-18/h3-12,23H,1-2H3. The summed E-state index contributed by atoms with van der Waals surface area (Å²) < 4.78 is 47.3. The molecular formula is C21H17FN2O4S. The lowest BCUT2D eigenvalue weighted by atomic mass is 10.1. The first-order chi connectivity index (χ1) is 13.8. The zero-order chi connectivity index (χ0) is 20.8. The molecule has 0 spiro atoms. The molecule has 0 saturated heterocycles. The Morgan fingerprint density at radius 1 is 1.00 bits per heavy atom. The maximum absolute atomic E-state index is 13.6. The van der Waals surface area contributed by atoms with Gasteiger partial charge in [-0.15, -0.1) is 0 Å². The number of carbonyl (C=O) groups is 1. The first-order valence-electron chi connectivity index (χ1n) is 8.74. The van der Waals surface area contributed by atoms with E-state index < -0.39 is 15.8 Å². The molecule has 3 aromatic carbocycles. The second-order valence-corrected chi connectivity index (χ2v) is 8.31. The Morgan fingerprint density at radius 3 is 2.55 bits per heavy atom. The van der Waals surface area contributed by atoms with Crippen LogP contribution in [0.25, 0.3) is 0 Å². The van der Waals surface area contributed by atoms with Gasteiger partial charge in [-0.3, -0.25) is 9.52 Å². The molecule has 0 atom stereocenters. The third-order valence-corrected chi connectivity index (χ3v) is 6.18. The lowest BCUT2D eigenvalue weighted by molar-refractivity contribution is 0.0993. The molecule has 0 saturated carbocycles. The minimum absolute atomic E-state index is 0.167. The third kappa shape index (κ3) is 3.42. The molecule has 8 heteroatoms. The van der Waals surface area contributed by atoms with Gasteiger partial charge in [0.05, 0.1) is 16.1 Å². The highest BCUT2D eigenvalue weighted by Gasteiger charge is 2.26. The van der Waals surface area contributed by atoms with Gasteiger partial charge in [0.25, 0.3) is 15.9 Å². The van der Waals surface area contributed by atoms with Crippen LogP contribution < -0.4 is 14.4 Å². The summed E-state index contributed by atoms with van der Waals surface area (Å²) in [5.41, 5.74) is 1.39. The number of aryl methyl sites for hydroxylation is 1. The summed E-state index contributed by atoms with van der Waals surface area (Å²) in [6, 6.07) is 15.1. The van der Waals surface area contributed by atoms with Crippen LogP contribution in [-0.2, 0) is 10.0 Å². The van der Waals surface area contributed by atoms with Gasteiger partial charge in [-0.05, 0) is 55.0 Å². The monoisotopic (exact) mass is 412 g/mol. The van der Waals surface area contributed by atoms with E-state index in [2.05, 4.69) is 4.72 Å². The Hall–Kier alpha value is -3.39. The van der Waals surface area contributed by atoms with E-state index in [9.17, 15) is 17.6 Å². The van der Waals surface area contributed by atoms with Crippen molar-refractivity contribution in [2.75, 3.05) is 16.7 Å². The molecule has 1 aliphatic rings. The summed E-state index contributed by atoms with van der Waals surface area (Å²) in [5, 5.41) is 0. The molecule has 0 unspecified atom stereocenters. The molecule has 1 N–H and O–H groups in total. The fourth-order valence-corrected chi connectivity index (χ4v) is 4.46. The van der Waals surface area contributed by atoms with Crippen molar-refractivity contribution in [3.8, 4) is 11.5 Å². The van der Waals surface area contributed by atoms with Crippen molar-refractivity contribution in [3.63, 3.8) is 0 Å². The van der Waals surface area contributed by atoms with Crippen LogP contribution in [0.3, 0.4) is 0 Å². The number of sulfonamides is 1. The van der Waals surface area contributed by atoms with Gasteiger partial charge in [-0.1, -0.05) is 18.2 Å². The predicted molar refractivity (Wildman–Crippen MR) is 108 cm³/mol. The Morgan fingerprint density at radius 2 is 1.76 bits per heavy atom. The number of rotatable bonds is 3. The van der Waals surface area contributed by atoms with Gasteiger partial charge in [-0.25, -0.2) is 12.8 Å². The van der Waals surface area contributed by atoms with Crippen LogP contribution in [0.15, 0.2) is 65.6 Å². The van der Waals surface area contributed by atoms with Gasteiger partial charge < -0.3 is 9.64 Å². The Labute approximate surface area is 167 Å². The number of nitrogens with zero attached hydrogens (tertiary/aromatic N) is 1. The zero-order valence-electron chi connectivity index (χ0n) is 15.6. The number of fused-ring (bicyclic) bond motifs is 2. The summed E-state index contributed by atoms with van der Waals surface area (Å²) >= 11 is 0. The van der Waals surface area contributed by atoms with Gasteiger partial charge in [0.15, 0.2) is 5.75 Å². The van der Waals surface area contributed by atoms with Crippen LogP contribution in [0.2, 0.25) is 0 Å². The predicted octanol–water partition coefficient (Wildman–Crippen LogP) is 4.32. The molecule has 6 nitrogen and oxygen atoms in total. The van der Waals surface area contributed by atoms with E-state index in [0.717, 1.165) is 6.07 Å². The molecular weight excluding hydrogens is 395 g/mol. The lowest BCUT2D eigenvalue weighted by Crippen LogP contribution is -2.25. The summed E-state index contributed by atoms with van der Waals surface area (Å²) in [5.74, 6) is -0.156. The van der Waals surface area contributed by atoms with Crippen molar-refractivity contribution >= 4 is 27.3 Å². The van der Waals surface area contributed by atoms with Gasteiger partial charge in [0, 0.05) is 12.7 Å². The maximum Gasteiger partial charge on any atom is 0.262 e. The number of ether oxygens (including phenoxy) is 1. The zero-order valence-corrected chi connectivity index (χ0v) is 16.5. The molecule has 29 heavy (non-hydrogen) atoms. The normalized spacial score (nSPS) is 13.2. The maximum atomic E-state index is 13.6. The molecule has 148 valence electrons. The fraction of sp³-hybridized carbons (Fsp3) is 0.0952. The van der Waals surface area contributed by atoms with Crippen LogP contribution in [-0.4, -0.2) is 21.4 Å². The molecule has 3 aromatic rings. The van der Waals surface area contributed by atoms with Crippen LogP contribution in [0.5, 0.6) is 11.5 Å². The number of halogens is 1. The first-order valence-corrected chi connectivity index (χ1v) is 10.2. The number of benzene rings is 3. The Balaban J connectivity index is 1.72.